The van der Waals surface area contributed by atoms with Crippen LogP contribution >= 0.6 is 23.4 Å². The fourth-order valence-corrected chi connectivity index (χ4v) is 4.32. The minimum absolute atomic E-state index is 0.0393. The first kappa shape index (κ1) is 18.0. The molecule has 136 valence electrons. The highest BCUT2D eigenvalue weighted by molar-refractivity contribution is 7.99. The number of ketones is 1. The molecule has 0 spiro atoms. The van der Waals surface area contributed by atoms with E-state index < -0.39 is 0 Å². The Morgan fingerprint density at radius 1 is 1.04 bits per heavy atom. The van der Waals surface area contributed by atoms with Crippen LogP contribution < -0.4 is 0 Å². The van der Waals surface area contributed by atoms with Crippen LogP contribution in [0.5, 0.6) is 0 Å². The van der Waals surface area contributed by atoms with Gasteiger partial charge in [0, 0.05) is 16.0 Å². The molecule has 2 heterocycles. The molecule has 27 heavy (non-hydrogen) atoms. The van der Waals surface area contributed by atoms with Crippen molar-refractivity contribution in [3.63, 3.8) is 0 Å². The number of hydrogen-bond acceptors (Lipinski definition) is 4. The zero-order chi connectivity index (χ0) is 19.1. The van der Waals surface area contributed by atoms with Crippen molar-refractivity contribution >= 4 is 45.7 Å². The molecule has 6 heteroatoms. The highest BCUT2D eigenvalue weighted by atomic mass is 35.5. The van der Waals surface area contributed by atoms with Gasteiger partial charge in [-0.15, -0.1) is 10.2 Å². The van der Waals surface area contributed by atoms with E-state index in [1.807, 2.05) is 6.07 Å². The van der Waals surface area contributed by atoms with E-state index in [0.717, 1.165) is 16.3 Å². The molecule has 0 fully saturated rings. The van der Waals surface area contributed by atoms with E-state index in [2.05, 4.69) is 47.5 Å². The number of halogens is 1. The third-order valence-electron chi connectivity index (χ3n) is 4.60. The SMILES string of the molecule is Cc1cc(C)c2c(c1)c(C)cc1nnc(SCC(=O)c3ccc(Cl)cc3)n12. The number of carbonyl (C=O) groups excluding carboxylic acids is 1. The lowest BCUT2D eigenvalue weighted by molar-refractivity contribution is 0.102. The van der Waals surface area contributed by atoms with Crippen LogP contribution in [0.4, 0.5) is 0 Å². The third-order valence-corrected chi connectivity index (χ3v) is 5.78. The van der Waals surface area contributed by atoms with Crippen molar-refractivity contribution in [1.82, 2.24) is 14.6 Å². The largest absolute Gasteiger partial charge is 0.293 e. The molecule has 0 amide bonds. The summed E-state index contributed by atoms with van der Waals surface area (Å²) < 4.78 is 2.05. The van der Waals surface area contributed by atoms with E-state index in [4.69, 9.17) is 11.6 Å². The molecule has 0 aliphatic heterocycles. The maximum Gasteiger partial charge on any atom is 0.196 e. The van der Waals surface area contributed by atoms with Crippen molar-refractivity contribution in [2.75, 3.05) is 5.75 Å². The van der Waals surface area contributed by atoms with Crippen molar-refractivity contribution < 1.29 is 4.79 Å². The van der Waals surface area contributed by atoms with Gasteiger partial charge in [0.2, 0.25) is 0 Å². The van der Waals surface area contributed by atoms with Gasteiger partial charge in [-0.2, -0.15) is 0 Å². The number of hydrogen-bond donors (Lipinski definition) is 0. The van der Waals surface area contributed by atoms with Gasteiger partial charge in [-0.3, -0.25) is 9.20 Å². The molecule has 0 N–H and O–H groups in total. The van der Waals surface area contributed by atoms with Crippen LogP contribution in [0.25, 0.3) is 16.6 Å². The summed E-state index contributed by atoms with van der Waals surface area (Å²) in [6, 6.07) is 13.3. The second kappa shape index (κ2) is 6.98. The predicted molar refractivity (Wildman–Crippen MR) is 111 cm³/mol. The monoisotopic (exact) mass is 395 g/mol. The van der Waals surface area contributed by atoms with Gasteiger partial charge >= 0.3 is 0 Å². The molecular formula is C21H18ClN3OS. The number of benzene rings is 2. The van der Waals surface area contributed by atoms with Gasteiger partial charge in [-0.05, 0) is 68.3 Å². The van der Waals surface area contributed by atoms with Gasteiger partial charge in [-0.25, -0.2) is 0 Å². The zero-order valence-electron chi connectivity index (χ0n) is 15.3. The lowest BCUT2D eigenvalue weighted by atomic mass is 10.0. The number of aryl methyl sites for hydroxylation is 3. The Balaban J connectivity index is 1.73. The van der Waals surface area contributed by atoms with Gasteiger partial charge in [-0.1, -0.05) is 35.0 Å². The molecule has 2 aromatic carbocycles. The molecule has 0 unspecified atom stereocenters. The lowest BCUT2D eigenvalue weighted by Crippen LogP contribution is -2.03. The third kappa shape index (κ3) is 3.33. The molecule has 4 rings (SSSR count). The smallest absolute Gasteiger partial charge is 0.196 e. The Hall–Kier alpha value is -2.37. The topological polar surface area (TPSA) is 47.3 Å². The molecule has 0 saturated carbocycles. The van der Waals surface area contributed by atoms with Crippen LogP contribution in [-0.2, 0) is 0 Å². The summed E-state index contributed by atoms with van der Waals surface area (Å²) in [5.41, 5.74) is 6.11. The standard InChI is InChI=1S/C21H18ClN3OS/c1-12-8-14(3)20-17(9-12)13(2)10-19-23-24-21(25(19)20)27-11-18(26)15-4-6-16(22)7-5-15/h4-10H,11H2,1-3H3. The van der Waals surface area contributed by atoms with Gasteiger partial charge < -0.3 is 0 Å². The Labute approximate surface area is 166 Å². The normalized spacial score (nSPS) is 11.4. The summed E-state index contributed by atoms with van der Waals surface area (Å²) in [5, 5.41) is 11.2. The van der Waals surface area contributed by atoms with Gasteiger partial charge in [0.15, 0.2) is 16.6 Å². The van der Waals surface area contributed by atoms with Crippen molar-refractivity contribution in [2.24, 2.45) is 0 Å². The van der Waals surface area contributed by atoms with Crippen molar-refractivity contribution in [2.45, 2.75) is 25.9 Å². The fraction of sp³-hybridized carbons (Fsp3) is 0.190. The van der Waals surface area contributed by atoms with Crippen molar-refractivity contribution in [1.29, 1.82) is 0 Å². The molecule has 4 aromatic rings. The van der Waals surface area contributed by atoms with E-state index >= 15 is 0 Å². The van der Waals surface area contributed by atoms with E-state index in [9.17, 15) is 4.79 Å². The lowest BCUT2D eigenvalue weighted by Gasteiger charge is -2.11. The van der Waals surface area contributed by atoms with Gasteiger partial charge in [0.25, 0.3) is 0 Å². The van der Waals surface area contributed by atoms with Gasteiger partial charge in [0.1, 0.15) is 0 Å². The Morgan fingerprint density at radius 3 is 2.52 bits per heavy atom. The number of rotatable bonds is 4. The summed E-state index contributed by atoms with van der Waals surface area (Å²) in [6.07, 6.45) is 0. The number of pyridine rings is 1. The number of aromatic nitrogens is 3. The zero-order valence-corrected chi connectivity index (χ0v) is 16.9. The average molecular weight is 396 g/mol. The summed E-state index contributed by atoms with van der Waals surface area (Å²) in [6.45, 7) is 6.29. The summed E-state index contributed by atoms with van der Waals surface area (Å²) in [7, 11) is 0. The first-order valence-corrected chi connectivity index (χ1v) is 9.97. The van der Waals surface area contributed by atoms with Crippen LogP contribution in [0.15, 0.2) is 47.6 Å². The molecule has 0 radical (unpaired) electrons. The number of fused-ring (bicyclic) bond motifs is 3. The first-order valence-electron chi connectivity index (χ1n) is 8.61. The molecule has 0 bridgehead atoms. The minimum atomic E-state index is 0.0393. The Kier molecular flexibility index (Phi) is 4.66. The van der Waals surface area contributed by atoms with E-state index in [1.54, 1.807) is 24.3 Å². The highest BCUT2D eigenvalue weighted by Crippen LogP contribution is 2.29. The van der Waals surface area contributed by atoms with E-state index in [1.165, 1.54) is 33.8 Å². The van der Waals surface area contributed by atoms with E-state index in [-0.39, 0.29) is 5.78 Å². The summed E-state index contributed by atoms with van der Waals surface area (Å²) >= 11 is 7.30. The van der Waals surface area contributed by atoms with E-state index in [0.29, 0.717) is 16.3 Å². The minimum Gasteiger partial charge on any atom is -0.293 e. The van der Waals surface area contributed by atoms with Crippen LogP contribution in [0.2, 0.25) is 5.02 Å². The molecule has 0 atom stereocenters. The molecule has 0 aliphatic rings. The predicted octanol–water partition coefficient (Wildman–Crippen LogP) is 5.44. The van der Waals surface area contributed by atoms with Crippen molar-refractivity contribution in [3.8, 4) is 0 Å². The molecule has 0 saturated heterocycles. The van der Waals surface area contributed by atoms with Gasteiger partial charge in [0.05, 0.1) is 11.3 Å². The van der Waals surface area contributed by atoms with Crippen molar-refractivity contribution in [3.05, 3.63) is 69.7 Å². The number of carbonyl (C=O) groups is 1. The fourth-order valence-electron chi connectivity index (χ4n) is 3.36. The van der Waals surface area contributed by atoms with Crippen LogP contribution in [-0.4, -0.2) is 26.1 Å². The number of Topliss-reactive ketones (excluding diaryl/α,β-unsaturated/α-hetero) is 1. The van der Waals surface area contributed by atoms with Crippen LogP contribution in [0, 0.1) is 20.8 Å². The number of thioether (sulfide) groups is 1. The maximum atomic E-state index is 12.5. The first-order chi connectivity index (χ1) is 12.9. The summed E-state index contributed by atoms with van der Waals surface area (Å²) in [4.78, 5) is 12.5. The quantitative estimate of drug-likeness (QED) is 0.341. The molecular weight excluding hydrogens is 378 g/mol. The molecule has 2 aromatic heterocycles. The molecule has 4 nitrogen and oxygen atoms in total. The second-order valence-corrected chi connectivity index (χ2v) is 8.08. The van der Waals surface area contributed by atoms with Crippen LogP contribution in [0.1, 0.15) is 27.0 Å². The second-order valence-electron chi connectivity index (χ2n) is 6.70. The molecule has 0 aliphatic carbocycles. The Morgan fingerprint density at radius 2 is 1.78 bits per heavy atom. The average Bonchev–Trinajstić information content (AvgIpc) is 3.02. The Bertz CT molecular complexity index is 1180. The highest BCUT2D eigenvalue weighted by Gasteiger charge is 2.15. The maximum absolute atomic E-state index is 12.5. The van der Waals surface area contributed by atoms with Crippen LogP contribution in [0.3, 0.4) is 0 Å². The summed E-state index contributed by atoms with van der Waals surface area (Å²) in [5.74, 6) is 0.334. The number of nitrogens with zero attached hydrogens (tertiary/aromatic N) is 3.